The fourth-order valence-corrected chi connectivity index (χ4v) is 4.44. The predicted octanol–water partition coefficient (Wildman–Crippen LogP) is -5.19. The van der Waals surface area contributed by atoms with Crippen LogP contribution in [0.2, 0.25) is 0 Å². The Bertz CT molecular complexity index is 840. The summed E-state index contributed by atoms with van der Waals surface area (Å²) in [5, 5.41) is 34.9. The van der Waals surface area contributed by atoms with E-state index in [1.807, 2.05) is 0 Å². The summed E-state index contributed by atoms with van der Waals surface area (Å²) in [6.07, 6.45) is -3.56. The zero-order chi connectivity index (χ0) is 27.4. The van der Waals surface area contributed by atoms with Crippen molar-refractivity contribution in [1.29, 1.82) is 0 Å². The molecule has 3 aliphatic rings. The Hall–Kier alpha value is -1.03. The Kier molecular flexibility index (Phi) is 11.0. The van der Waals surface area contributed by atoms with Gasteiger partial charge in [-0.1, -0.05) is 0 Å². The van der Waals surface area contributed by atoms with E-state index in [4.69, 9.17) is 59.4 Å². The molecule has 0 aromatic heterocycles. The maximum atomic E-state index is 11.0. The van der Waals surface area contributed by atoms with E-state index in [0.29, 0.717) is 18.6 Å². The standard InChI is InChI=1S/C19H37N5O7.H2O4S/c1-19(27)7-28-18(13(26)16(19)24-2)31-15-11(23)5-10(22)14(12(15)25)30-17-9(21)4-3-8(6-20)29-17;1-5(2,3)4/h3,9-18,24-27H,4-7,20-23H2,1-2H3;(H2,1,2,3,4)/p-2/t9-,10+,11-,12+,13-,14-,15+,16-,17-,18-,19+;/m1./s1. The summed E-state index contributed by atoms with van der Waals surface area (Å²) in [4.78, 5) is 0. The van der Waals surface area contributed by atoms with Crippen LogP contribution in [-0.2, 0) is 29.3 Å². The molecule has 0 aromatic carbocycles. The van der Waals surface area contributed by atoms with Crippen LogP contribution in [0.15, 0.2) is 11.8 Å². The van der Waals surface area contributed by atoms with E-state index >= 15 is 0 Å². The van der Waals surface area contributed by atoms with Gasteiger partial charge in [-0.25, -0.2) is 0 Å². The summed E-state index contributed by atoms with van der Waals surface area (Å²) in [7, 11) is -3.55. The minimum absolute atomic E-state index is 0.0727. The van der Waals surface area contributed by atoms with Gasteiger partial charge in [0.2, 0.25) is 6.29 Å². The lowest BCUT2D eigenvalue weighted by Crippen LogP contribution is -2.68. The first-order valence-corrected chi connectivity index (χ1v) is 12.6. The van der Waals surface area contributed by atoms with Crippen LogP contribution in [0.1, 0.15) is 19.8 Å². The normalized spacial score (nSPS) is 43.6. The third-order valence-electron chi connectivity index (χ3n) is 6.22. The van der Waals surface area contributed by atoms with Gasteiger partial charge in [-0.15, -0.1) is 0 Å². The molecular weight excluding hydrogens is 506 g/mol. The Labute approximate surface area is 209 Å². The number of aliphatic hydroxyl groups excluding tert-OH is 2. The second-order valence-corrected chi connectivity index (χ2v) is 10.0. The first kappa shape index (κ1) is 31.2. The van der Waals surface area contributed by atoms with Crippen LogP contribution >= 0.6 is 0 Å². The largest absolute Gasteiger partial charge is 0.759 e. The van der Waals surface area contributed by atoms with Crippen molar-refractivity contribution in [2.75, 3.05) is 20.2 Å². The second-order valence-electron chi connectivity index (χ2n) is 9.22. The minimum atomic E-state index is -5.17. The Morgan fingerprint density at radius 3 is 2.14 bits per heavy atom. The smallest absolute Gasteiger partial charge is 0.215 e. The average molecular weight is 544 g/mol. The quantitative estimate of drug-likeness (QED) is 0.115. The highest BCUT2D eigenvalue weighted by atomic mass is 32.3. The lowest BCUT2D eigenvalue weighted by molar-refractivity contribution is -0.303. The number of hydrogen-bond donors (Lipinski definition) is 8. The van der Waals surface area contributed by atoms with Crippen molar-refractivity contribution in [2.45, 2.75) is 86.5 Å². The maximum Gasteiger partial charge on any atom is 0.215 e. The third-order valence-corrected chi connectivity index (χ3v) is 6.22. The number of hydrogen-bond acceptors (Lipinski definition) is 16. The zero-order valence-electron chi connectivity index (χ0n) is 20.0. The summed E-state index contributed by atoms with van der Waals surface area (Å²) < 4.78 is 57.1. The summed E-state index contributed by atoms with van der Waals surface area (Å²) in [6, 6.07) is -2.37. The van der Waals surface area contributed by atoms with E-state index in [0.717, 1.165) is 0 Å². The van der Waals surface area contributed by atoms with Crippen LogP contribution in [0.25, 0.3) is 0 Å². The van der Waals surface area contributed by atoms with Crippen LogP contribution in [-0.4, -0.2) is 120 Å². The Balaban J connectivity index is 0.000000830. The molecule has 1 saturated heterocycles. The van der Waals surface area contributed by atoms with Gasteiger partial charge in [0.25, 0.3) is 0 Å². The number of rotatable bonds is 6. The molecule has 16 nitrogen and oxygen atoms in total. The molecular formula is C19H37N5O11S-2. The van der Waals surface area contributed by atoms with Crippen LogP contribution in [0.3, 0.4) is 0 Å². The van der Waals surface area contributed by atoms with Gasteiger partial charge < -0.3 is 71.6 Å². The lowest BCUT2D eigenvalue weighted by Gasteiger charge is -2.48. The Morgan fingerprint density at radius 2 is 1.64 bits per heavy atom. The van der Waals surface area contributed by atoms with Crippen LogP contribution in [0.4, 0.5) is 0 Å². The van der Waals surface area contributed by atoms with Gasteiger partial charge in [0.05, 0.1) is 25.2 Å². The molecule has 11 atom stereocenters. The van der Waals surface area contributed by atoms with Gasteiger partial charge in [0.1, 0.15) is 35.8 Å². The SMILES string of the molecule is CN[C@@H]1[C@@H](O)[C@@H](O[C@@H]2[C@@H](O)[C@H](O[C@H]3OC(CN)=CC[C@H]3N)[C@@H](N)C[C@H]2N)OC[C@]1(C)O.O=S(=O)([O-])[O-]. The van der Waals surface area contributed by atoms with Gasteiger partial charge in [-0.05, 0) is 32.9 Å². The van der Waals surface area contributed by atoms with E-state index in [-0.39, 0.29) is 13.2 Å². The molecule has 1 saturated carbocycles. The summed E-state index contributed by atoms with van der Waals surface area (Å²) in [5.74, 6) is 0.555. The molecule has 0 bridgehead atoms. The van der Waals surface area contributed by atoms with E-state index in [1.54, 1.807) is 20.0 Å². The van der Waals surface area contributed by atoms with Gasteiger partial charge in [-0.2, -0.15) is 0 Å². The number of nitrogens with two attached hydrogens (primary N) is 4. The fraction of sp³-hybridized carbons (Fsp3) is 0.895. The first-order valence-electron chi connectivity index (χ1n) is 11.3. The molecule has 0 unspecified atom stereocenters. The van der Waals surface area contributed by atoms with Crippen molar-refractivity contribution >= 4 is 10.4 Å². The van der Waals surface area contributed by atoms with Gasteiger partial charge in [0, 0.05) is 22.5 Å². The highest BCUT2D eigenvalue weighted by Crippen LogP contribution is 2.31. The molecule has 0 spiro atoms. The minimum Gasteiger partial charge on any atom is -0.759 e. The van der Waals surface area contributed by atoms with E-state index in [9.17, 15) is 15.3 Å². The molecule has 2 fully saturated rings. The van der Waals surface area contributed by atoms with Crippen molar-refractivity contribution in [3.8, 4) is 0 Å². The van der Waals surface area contributed by atoms with Crippen LogP contribution in [0.5, 0.6) is 0 Å². The third kappa shape index (κ3) is 8.23. The van der Waals surface area contributed by atoms with Gasteiger partial charge in [0.15, 0.2) is 6.29 Å². The number of aliphatic hydroxyl groups is 3. The monoisotopic (exact) mass is 543 g/mol. The Morgan fingerprint density at radius 1 is 1.11 bits per heavy atom. The van der Waals surface area contributed by atoms with Crippen molar-refractivity contribution < 1.29 is 51.8 Å². The lowest BCUT2D eigenvalue weighted by atomic mass is 9.84. The van der Waals surface area contributed by atoms with Crippen molar-refractivity contribution in [3.05, 3.63) is 11.8 Å². The molecule has 0 radical (unpaired) electrons. The molecule has 0 aromatic rings. The van der Waals surface area contributed by atoms with Crippen molar-refractivity contribution in [2.24, 2.45) is 22.9 Å². The zero-order valence-corrected chi connectivity index (χ0v) is 20.8. The van der Waals surface area contributed by atoms with Gasteiger partial charge >= 0.3 is 0 Å². The molecule has 2 heterocycles. The summed E-state index contributed by atoms with van der Waals surface area (Å²) >= 11 is 0. The highest BCUT2D eigenvalue weighted by molar-refractivity contribution is 7.79. The molecule has 0 amide bonds. The van der Waals surface area contributed by atoms with E-state index in [2.05, 4.69) is 5.32 Å². The van der Waals surface area contributed by atoms with Crippen molar-refractivity contribution in [3.63, 3.8) is 0 Å². The van der Waals surface area contributed by atoms with E-state index < -0.39 is 77.2 Å². The van der Waals surface area contributed by atoms with Crippen LogP contribution < -0.4 is 28.3 Å². The molecule has 1 aliphatic carbocycles. The first-order chi connectivity index (χ1) is 16.6. The second kappa shape index (κ2) is 12.7. The highest BCUT2D eigenvalue weighted by Gasteiger charge is 2.50. The maximum absolute atomic E-state index is 11.0. The summed E-state index contributed by atoms with van der Waals surface area (Å²) in [5.41, 5.74) is 22.9. The topological polar surface area (TPSA) is 294 Å². The van der Waals surface area contributed by atoms with Crippen LogP contribution in [0, 0.1) is 0 Å². The number of likely N-dealkylation sites (N-methyl/N-ethyl adjacent to an activating group) is 1. The van der Waals surface area contributed by atoms with E-state index in [1.165, 1.54) is 0 Å². The molecule has 17 heteroatoms. The fourth-order valence-electron chi connectivity index (χ4n) is 4.44. The van der Waals surface area contributed by atoms with Gasteiger partial charge in [-0.3, -0.25) is 8.42 Å². The molecule has 36 heavy (non-hydrogen) atoms. The number of ether oxygens (including phenoxy) is 4. The summed E-state index contributed by atoms with van der Waals surface area (Å²) in [6.45, 7) is 1.68. The average Bonchev–Trinajstić information content (AvgIpc) is 2.75. The predicted molar refractivity (Wildman–Crippen MR) is 121 cm³/mol. The number of nitrogens with one attached hydrogen (secondary N) is 1. The molecule has 3 rings (SSSR count). The van der Waals surface area contributed by atoms with Crippen molar-refractivity contribution in [1.82, 2.24) is 5.32 Å². The molecule has 212 valence electrons. The molecule has 2 aliphatic heterocycles. The molecule has 12 N–H and O–H groups in total.